The lowest BCUT2D eigenvalue weighted by Gasteiger charge is -2.01. The van der Waals surface area contributed by atoms with E-state index in [0.717, 1.165) is 0 Å². The summed E-state index contributed by atoms with van der Waals surface area (Å²) in [4.78, 5) is 11.4. The van der Waals surface area contributed by atoms with E-state index in [4.69, 9.17) is 23.2 Å². The fourth-order valence-corrected chi connectivity index (χ4v) is 1.41. The van der Waals surface area contributed by atoms with Crippen molar-refractivity contribution in [2.75, 3.05) is 0 Å². The molecule has 3 nitrogen and oxygen atoms in total. The van der Waals surface area contributed by atoms with Crippen LogP contribution in [0, 0.1) is 5.82 Å². The molecule has 0 N–H and O–H groups in total. The molecule has 0 spiro atoms. The Kier molecular flexibility index (Phi) is 2.79. The number of aromatic nitrogens is 3. The first kappa shape index (κ1) is 10.3. The van der Waals surface area contributed by atoms with Gasteiger partial charge in [-0.15, -0.1) is 0 Å². The lowest BCUT2D eigenvalue weighted by molar-refractivity contribution is 0.615. The van der Waals surface area contributed by atoms with Crippen LogP contribution in [-0.4, -0.2) is 15.0 Å². The molecule has 15 heavy (non-hydrogen) atoms. The van der Waals surface area contributed by atoms with Gasteiger partial charge in [0.05, 0.1) is 0 Å². The molecule has 0 aliphatic carbocycles. The van der Waals surface area contributed by atoms with Crippen LogP contribution in [0.1, 0.15) is 0 Å². The average Bonchev–Trinajstić information content (AvgIpc) is 2.26. The molecular formula is C9H4Cl2FN3. The minimum atomic E-state index is -0.814. The number of pyridine rings is 1. The highest BCUT2D eigenvalue weighted by atomic mass is 35.5. The Morgan fingerprint density at radius 2 is 1.80 bits per heavy atom. The Hall–Kier alpha value is -1.26. The molecule has 0 atom stereocenters. The number of halogens is 3. The van der Waals surface area contributed by atoms with Gasteiger partial charge < -0.3 is 0 Å². The first-order chi connectivity index (χ1) is 7.18. The van der Waals surface area contributed by atoms with E-state index in [9.17, 15) is 4.39 Å². The second kappa shape index (κ2) is 4.08. The van der Waals surface area contributed by atoms with Crippen molar-refractivity contribution in [3.8, 4) is 11.4 Å². The van der Waals surface area contributed by atoms with Crippen molar-refractivity contribution in [2.45, 2.75) is 0 Å². The van der Waals surface area contributed by atoms with Crippen molar-refractivity contribution in [3.05, 3.63) is 40.6 Å². The number of rotatable bonds is 1. The summed E-state index contributed by atoms with van der Waals surface area (Å²) in [5.41, 5.74) is 0.626. The van der Waals surface area contributed by atoms with Crippen LogP contribution in [-0.2, 0) is 0 Å². The maximum absolute atomic E-state index is 13.0. The summed E-state index contributed by atoms with van der Waals surface area (Å²) in [6, 6.07) is 3.44. The van der Waals surface area contributed by atoms with E-state index in [-0.39, 0.29) is 16.1 Å². The normalized spacial score (nSPS) is 10.3. The molecule has 2 heterocycles. The molecule has 0 saturated carbocycles. The third kappa shape index (κ3) is 2.06. The average molecular weight is 244 g/mol. The molecule has 0 aliphatic heterocycles. The van der Waals surface area contributed by atoms with Gasteiger partial charge in [0, 0.05) is 18.0 Å². The summed E-state index contributed by atoms with van der Waals surface area (Å²) in [6.45, 7) is 0. The van der Waals surface area contributed by atoms with E-state index in [1.165, 1.54) is 0 Å². The first-order valence-electron chi connectivity index (χ1n) is 3.97. The van der Waals surface area contributed by atoms with Gasteiger partial charge in [0.15, 0.2) is 21.9 Å². The molecule has 2 aromatic rings. The molecule has 2 aromatic heterocycles. The summed E-state index contributed by atoms with van der Waals surface area (Å²) in [6.07, 6.45) is 3.15. The Balaban J connectivity index is 2.56. The monoisotopic (exact) mass is 243 g/mol. The van der Waals surface area contributed by atoms with E-state index < -0.39 is 5.82 Å². The molecule has 0 unspecified atom stereocenters. The summed E-state index contributed by atoms with van der Waals surface area (Å²) >= 11 is 11.1. The topological polar surface area (TPSA) is 38.7 Å². The minimum Gasteiger partial charge on any atom is -0.264 e. The van der Waals surface area contributed by atoms with Gasteiger partial charge in [-0.3, -0.25) is 4.98 Å². The van der Waals surface area contributed by atoms with Crippen LogP contribution in [0.15, 0.2) is 24.5 Å². The van der Waals surface area contributed by atoms with Crippen molar-refractivity contribution < 1.29 is 4.39 Å². The Morgan fingerprint density at radius 1 is 1.13 bits per heavy atom. The highest BCUT2D eigenvalue weighted by Gasteiger charge is 2.11. The van der Waals surface area contributed by atoms with Crippen molar-refractivity contribution in [1.82, 2.24) is 15.0 Å². The molecule has 0 aliphatic rings. The fourth-order valence-electron chi connectivity index (χ4n) is 1.02. The summed E-state index contributed by atoms with van der Waals surface area (Å²) in [7, 11) is 0. The van der Waals surface area contributed by atoms with Crippen LogP contribution >= 0.6 is 23.2 Å². The number of hydrogen-bond donors (Lipinski definition) is 0. The van der Waals surface area contributed by atoms with E-state index in [0.29, 0.717) is 5.56 Å². The zero-order valence-corrected chi connectivity index (χ0v) is 8.80. The SMILES string of the molecule is Fc1c(Cl)nc(-c2cccnc2)nc1Cl. The highest BCUT2D eigenvalue weighted by Crippen LogP contribution is 2.23. The summed E-state index contributed by atoms with van der Waals surface area (Å²) < 4.78 is 13.0. The van der Waals surface area contributed by atoms with Gasteiger partial charge in [0.25, 0.3) is 0 Å². The molecule has 0 bridgehead atoms. The maximum atomic E-state index is 13.0. The minimum absolute atomic E-state index is 0.250. The first-order valence-corrected chi connectivity index (χ1v) is 4.73. The Bertz CT molecular complexity index is 467. The van der Waals surface area contributed by atoms with Crippen LogP contribution in [0.3, 0.4) is 0 Å². The van der Waals surface area contributed by atoms with Crippen molar-refractivity contribution in [3.63, 3.8) is 0 Å². The summed E-state index contributed by atoms with van der Waals surface area (Å²) in [5.74, 6) is -0.564. The predicted octanol–water partition coefficient (Wildman–Crippen LogP) is 2.98. The van der Waals surface area contributed by atoms with Gasteiger partial charge in [-0.05, 0) is 12.1 Å². The Morgan fingerprint density at radius 3 is 2.33 bits per heavy atom. The van der Waals surface area contributed by atoms with Gasteiger partial charge in [0.2, 0.25) is 0 Å². The van der Waals surface area contributed by atoms with Crippen LogP contribution < -0.4 is 0 Å². The smallest absolute Gasteiger partial charge is 0.197 e. The van der Waals surface area contributed by atoms with Crippen LogP contribution in [0.25, 0.3) is 11.4 Å². The van der Waals surface area contributed by atoms with Gasteiger partial charge >= 0.3 is 0 Å². The van der Waals surface area contributed by atoms with Crippen molar-refractivity contribution in [1.29, 1.82) is 0 Å². The molecule has 0 fully saturated rings. The Labute approximate surface area is 94.9 Å². The zero-order chi connectivity index (χ0) is 10.8. The molecule has 0 aromatic carbocycles. The van der Waals surface area contributed by atoms with Crippen molar-refractivity contribution in [2.24, 2.45) is 0 Å². The zero-order valence-electron chi connectivity index (χ0n) is 7.28. The van der Waals surface area contributed by atoms with Crippen LogP contribution in [0.2, 0.25) is 10.3 Å². The van der Waals surface area contributed by atoms with Gasteiger partial charge in [-0.1, -0.05) is 23.2 Å². The molecule has 76 valence electrons. The number of hydrogen-bond acceptors (Lipinski definition) is 3. The maximum Gasteiger partial charge on any atom is 0.197 e. The lowest BCUT2D eigenvalue weighted by atomic mass is 10.3. The fraction of sp³-hybridized carbons (Fsp3) is 0. The van der Waals surface area contributed by atoms with Gasteiger partial charge in [0.1, 0.15) is 0 Å². The molecular weight excluding hydrogens is 240 g/mol. The van der Waals surface area contributed by atoms with E-state index in [1.54, 1.807) is 24.5 Å². The molecule has 2 rings (SSSR count). The lowest BCUT2D eigenvalue weighted by Crippen LogP contribution is -1.94. The summed E-state index contributed by atoms with van der Waals surface area (Å²) in [5, 5.41) is -0.595. The standard InChI is InChI=1S/C9H4Cl2FN3/c10-7-6(12)8(11)15-9(14-7)5-2-1-3-13-4-5/h1-4H. The molecule has 0 saturated heterocycles. The third-order valence-corrected chi connectivity index (χ3v) is 2.19. The van der Waals surface area contributed by atoms with Crippen LogP contribution in [0.5, 0.6) is 0 Å². The largest absolute Gasteiger partial charge is 0.264 e. The van der Waals surface area contributed by atoms with E-state index in [2.05, 4.69) is 15.0 Å². The highest BCUT2D eigenvalue weighted by molar-refractivity contribution is 6.33. The molecule has 6 heteroatoms. The molecule has 0 amide bonds. The third-order valence-electron chi connectivity index (χ3n) is 1.69. The van der Waals surface area contributed by atoms with Gasteiger partial charge in [-0.2, -0.15) is 0 Å². The van der Waals surface area contributed by atoms with Crippen molar-refractivity contribution >= 4 is 23.2 Å². The second-order valence-corrected chi connectivity index (χ2v) is 3.40. The van der Waals surface area contributed by atoms with Crippen LogP contribution in [0.4, 0.5) is 4.39 Å². The number of nitrogens with zero attached hydrogens (tertiary/aromatic N) is 3. The second-order valence-electron chi connectivity index (χ2n) is 2.68. The molecule has 0 radical (unpaired) electrons. The van der Waals surface area contributed by atoms with E-state index in [1.807, 2.05) is 0 Å². The van der Waals surface area contributed by atoms with E-state index >= 15 is 0 Å². The van der Waals surface area contributed by atoms with Gasteiger partial charge in [-0.25, -0.2) is 14.4 Å². The predicted molar refractivity (Wildman–Crippen MR) is 55.2 cm³/mol. The quantitative estimate of drug-likeness (QED) is 0.723.